The second-order valence-corrected chi connectivity index (χ2v) is 5.14. The average Bonchev–Trinajstić information content (AvgIpc) is 2.46. The van der Waals surface area contributed by atoms with Crippen LogP contribution < -0.4 is 4.74 Å². The van der Waals surface area contributed by atoms with Crippen LogP contribution in [0.5, 0.6) is 5.75 Å². The summed E-state index contributed by atoms with van der Waals surface area (Å²) in [5.74, 6) is -2.05. The number of allylic oxidation sites excluding steroid dienone is 2. The van der Waals surface area contributed by atoms with Crippen LogP contribution in [-0.2, 0) is 4.79 Å². The van der Waals surface area contributed by atoms with Crippen LogP contribution in [-0.4, -0.2) is 24.0 Å². The number of methoxy groups -OCH3 is 1. The number of rotatable bonds is 4. The predicted octanol–water partition coefficient (Wildman–Crippen LogP) is 3.20. The van der Waals surface area contributed by atoms with Crippen LogP contribution >= 0.6 is 11.6 Å². The second-order valence-electron chi connectivity index (χ2n) is 4.70. The third-order valence-electron chi connectivity index (χ3n) is 3.51. The van der Waals surface area contributed by atoms with Gasteiger partial charge in [0.15, 0.2) is 5.78 Å². The lowest BCUT2D eigenvalue weighted by Crippen LogP contribution is -2.31. The van der Waals surface area contributed by atoms with Gasteiger partial charge in [0, 0.05) is 10.9 Å². The van der Waals surface area contributed by atoms with E-state index in [0.29, 0.717) is 29.2 Å². The number of carbonyl (C=O) groups excluding carboxylic acids is 1. The largest absolute Gasteiger partial charge is 0.496 e. The predicted molar refractivity (Wildman–Crippen MR) is 75.3 cm³/mol. The standard InChI is InChI=1S/C15H15ClO4/c1-20-13-7-6-9(16)8-12(13)14(17)10-4-2-3-5-11(10)15(18)19/h2-3,6-8,10-11H,4-5H2,1H3,(H,18,19). The summed E-state index contributed by atoms with van der Waals surface area (Å²) in [6.45, 7) is 0. The van der Waals surface area contributed by atoms with Crippen molar-refractivity contribution in [1.29, 1.82) is 0 Å². The minimum absolute atomic E-state index is 0.235. The summed E-state index contributed by atoms with van der Waals surface area (Å²) in [4.78, 5) is 23.9. The maximum absolute atomic E-state index is 12.6. The summed E-state index contributed by atoms with van der Waals surface area (Å²) >= 11 is 5.92. The molecule has 4 nitrogen and oxygen atoms in total. The molecule has 0 saturated carbocycles. The Kier molecular flexibility index (Phi) is 4.45. The molecule has 0 aromatic heterocycles. The Bertz CT molecular complexity index is 565. The third kappa shape index (κ3) is 2.85. The number of carbonyl (C=O) groups is 2. The Labute approximate surface area is 122 Å². The van der Waals surface area contributed by atoms with E-state index in [1.807, 2.05) is 6.08 Å². The molecule has 1 aromatic rings. The van der Waals surface area contributed by atoms with Gasteiger partial charge in [0.1, 0.15) is 5.75 Å². The number of ketones is 1. The highest BCUT2D eigenvalue weighted by molar-refractivity contribution is 6.31. The third-order valence-corrected chi connectivity index (χ3v) is 3.75. The molecule has 0 radical (unpaired) electrons. The van der Waals surface area contributed by atoms with Crippen molar-refractivity contribution in [3.63, 3.8) is 0 Å². The van der Waals surface area contributed by atoms with Crippen molar-refractivity contribution < 1.29 is 19.4 Å². The van der Waals surface area contributed by atoms with Crippen LogP contribution in [0, 0.1) is 11.8 Å². The molecule has 1 aromatic carbocycles. The first-order chi connectivity index (χ1) is 9.54. The Balaban J connectivity index is 2.37. The Morgan fingerprint density at radius 3 is 2.50 bits per heavy atom. The van der Waals surface area contributed by atoms with Gasteiger partial charge in [0.05, 0.1) is 18.6 Å². The summed E-state index contributed by atoms with van der Waals surface area (Å²) in [6.07, 6.45) is 4.44. The van der Waals surface area contributed by atoms with E-state index in [9.17, 15) is 14.7 Å². The Morgan fingerprint density at radius 2 is 1.90 bits per heavy atom. The number of carboxylic acids is 1. The molecule has 0 amide bonds. The quantitative estimate of drug-likeness (QED) is 0.684. The van der Waals surface area contributed by atoms with Gasteiger partial charge in [0.25, 0.3) is 0 Å². The van der Waals surface area contributed by atoms with Crippen LogP contribution in [0.2, 0.25) is 5.02 Å². The molecule has 1 aliphatic rings. The molecule has 2 atom stereocenters. The van der Waals surface area contributed by atoms with Crippen molar-refractivity contribution in [3.8, 4) is 5.75 Å². The second kappa shape index (κ2) is 6.09. The van der Waals surface area contributed by atoms with Crippen molar-refractivity contribution in [2.24, 2.45) is 11.8 Å². The van der Waals surface area contributed by atoms with E-state index in [4.69, 9.17) is 16.3 Å². The summed E-state index contributed by atoms with van der Waals surface area (Å²) in [6, 6.07) is 4.77. The van der Waals surface area contributed by atoms with Gasteiger partial charge in [-0.25, -0.2) is 0 Å². The van der Waals surface area contributed by atoms with Gasteiger partial charge in [-0.05, 0) is 31.0 Å². The van der Waals surface area contributed by atoms with Crippen LogP contribution in [0.1, 0.15) is 23.2 Å². The van der Waals surface area contributed by atoms with Crippen molar-refractivity contribution in [2.45, 2.75) is 12.8 Å². The molecule has 2 unspecified atom stereocenters. The van der Waals surface area contributed by atoms with Crippen molar-refractivity contribution in [2.75, 3.05) is 7.11 Å². The number of Topliss-reactive ketones (excluding diaryl/α,β-unsaturated/α-hetero) is 1. The summed E-state index contributed by atoms with van der Waals surface area (Å²) in [5.41, 5.74) is 0.339. The average molecular weight is 295 g/mol. The molecule has 0 heterocycles. The lowest BCUT2D eigenvalue weighted by atomic mass is 9.78. The van der Waals surface area contributed by atoms with E-state index in [-0.39, 0.29) is 5.78 Å². The van der Waals surface area contributed by atoms with Crippen molar-refractivity contribution >= 4 is 23.4 Å². The zero-order valence-corrected chi connectivity index (χ0v) is 11.8. The summed E-state index contributed by atoms with van der Waals surface area (Å²) in [7, 11) is 1.47. The number of carboxylic acid groups (broad SMARTS) is 1. The van der Waals surface area contributed by atoms with Gasteiger partial charge in [-0.2, -0.15) is 0 Å². The van der Waals surface area contributed by atoms with Crippen LogP contribution in [0.15, 0.2) is 30.4 Å². The van der Waals surface area contributed by atoms with Gasteiger partial charge in [0.2, 0.25) is 0 Å². The number of benzene rings is 1. The first-order valence-corrected chi connectivity index (χ1v) is 6.68. The van der Waals surface area contributed by atoms with E-state index in [1.54, 1.807) is 18.2 Å². The van der Waals surface area contributed by atoms with Gasteiger partial charge < -0.3 is 9.84 Å². The molecule has 0 fully saturated rings. The maximum atomic E-state index is 12.6. The van der Waals surface area contributed by atoms with Gasteiger partial charge >= 0.3 is 5.97 Å². The molecular formula is C15H15ClO4. The molecule has 106 valence electrons. The number of aliphatic carboxylic acids is 1. The van der Waals surface area contributed by atoms with E-state index in [0.717, 1.165) is 0 Å². The monoisotopic (exact) mass is 294 g/mol. The van der Waals surface area contributed by atoms with Crippen molar-refractivity contribution in [3.05, 3.63) is 40.9 Å². The minimum Gasteiger partial charge on any atom is -0.496 e. The SMILES string of the molecule is COc1ccc(Cl)cc1C(=O)C1CC=CCC1C(=O)O. The van der Waals surface area contributed by atoms with Crippen LogP contribution in [0.4, 0.5) is 0 Å². The molecular weight excluding hydrogens is 280 g/mol. The normalized spacial score (nSPS) is 21.5. The highest BCUT2D eigenvalue weighted by atomic mass is 35.5. The van der Waals surface area contributed by atoms with E-state index in [1.165, 1.54) is 13.2 Å². The molecule has 0 aliphatic heterocycles. The fourth-order valence-corrected chi connectivity index (χ4v) is 2.62. The zero-order valence-electron chi connectivity index (χ0n) is 11.0. The molecule has 20 heavy (non-hydrogen) atoms. The van der Waals surface area contributed by atoms with Gasteiger partial charge in [-0.3, -0.25) is 9.59 Å². The van der Waals surface area contributed by atoms with E-state index in [2.05, 4.69) is 0 Å². The number of ether oxygens (including phenoxy) is 1. The van der Waals surface area contributed by atoms with Gasteiger partial charge in [-0.1, -0.05) is 23.8 Å². The Morgan fingerprint density at radius 1 is 1.25 bits per heavy atom. The lowest BCUT2D eigenvalue weighted by molar-refractivity contribution is -0.143. The van der Waals surface area contributed by atoms with E-state index >= 15 is 0 Å². The van der Waals surface area contributed by atoms with Gasteiger partial charge in [-0.15, -0.1) is 0 Å². The molecule has 5 heteroatoms. The first kappa shape index (κ1) is 14.6. The lowest BCUT2D eigenvalue weighted by Gasteiger charge is -2.24. The smallest absolute Gasteiger partial charge is 0.307 e. The first-order valence-electron chi connectivity index (χ1n) is 6.30. The summed E-state index contributed by atoms with van der Waals surface area (Å²) in [5, 5.41) is 9.67. The molecule has 0 bridgehead atoms. The molecule has 1 aliphatic carbocycles. The number of halogens is 1. The fourth-order valence-electron chi connectivity index (χ4n) is 2.45. The molecule has 0 saturated heterocycles. The van der Waals surface area contributed by atoms with Crippen LogP contribution in [0.25, 0.3) is 0 Å². The molecule has 0 spiro atoms. The molecule has 2 rings (SSSR count). The zero-order chi connectivity index (χ0) is 14.7. The number of hydrogen-bond acceptors (Lipinski definition) is 3. The van der Waals surface area contributed by atoms with Crippen molar-refractivity contribution in [1.82, 2.24) is 0 Å². The Hall–Kier alpha value is -1.81. The van der Waals surface area contributed by atoms with E-state index < -0.39 is 17.8 Å². The highest BCUT2D eigenvalue weighted by Crippen LogP contribution is 2.33. The van der Waals surface area contributed by atoms with Crippen LogP contribution in [0.3, 0.4) is 0 Å². The molecule has 1 N–H and O–H groups in total. The minimum atomic E-state index is -0.950. The fraction of sp³-hybridized carbons (Fsp3) is 0.333. The maximum Gasteiger partial charge on any atom is 0.307 e. The topological polar surface area (TPSA) is 63.6 Å². The summed E-state index contributed by atoms with van der Waals surface area (Å²) < 4.78 is 5.16. The number of hydrogen-bond donors (Lipinski definition) is 1. The highest BCUT2D eigenvalue weighted by Gasteiger charge is 2.35.